The number of halogens is 2. The second-order valence-corrected chi connectivity index (χ2v) is 4.13. The first-order chi connectivity index (χ1) is 7.70. The minimum absolute atomic E-state index is 0.301. The molecule has 0 radical (unpaired) electrons. The van der Waals surface area contributed by atoms with Gasteiger partial charge in [0.25, 0.3) is 0 Å². The number of hydrogen-bond donors (Lipinski definition) is 0. The highest BCUT2D eigenvalue weighted by Crippen LogP contribution is 2.17. The molecule has 1 aromatic heterocycles. The highest BCUT2D eigenvalue weighted by molar-refractivity contribution is 9.10. The molecule has 0 aliphatic rings. The lowest BCUT2D eigenvalue weighted by atomic mass is 10.2. The Morgan fingerprint density at radius 2 is 2.31 bits per heavy atom. The summed E-state index contributed by atoms with van der Waals surface area (Å²) in [5, 5.41) is 0. The Kier molecular flexibility index (Phi) is 3.14. The number of benzene rings is 1. The van der Waals surface area contributed by atoms with Gasteiger partial charge >= 0.3 is 0 Å². The van der Waals surface area contributed by atoms with Crippen LogP contribution >= 0.6 is 15.9 Å². The molecule has 0 saturated carbocycles. The smallest absolute Gasteiger partial charge is 0.185 e. The van der Waals surface area contributed by atoms with Gasteiger partial charge < -0.3 is 4.57 Å². The first kappa shape index (κ1) is 11.0. The van der Waals surface area contributed by atoms with Crippen molar-refractivity contribution in [3.05, 3.63) is 52.3 Å². The maximum absolute atomic E-state index is 13.0. The number of carbonyl (C=O) groups excluding carboxylic acids is 1. The monoisotopic (exact) mass is 282 g/mol. The van der Waals surface area contributed by atoms with Crippen molar-refractivity contribution in [1.82, 2.24) is 9.55 Å². The summed E-state index contributed by atoms with van der Waals surface area (Å²) in [4.78, 5) is 14.5. The van der Waals surface area contributed by atoms with Crippen molar-refractivity contribution in [2.24, 2.45) is 0 Å². The highest BCUT2D eigenvalue weighted by atomic mass is 79.9. The van der Waals surface area contributed by atoms with E-state index in [9.17, 15) is 9.18 Å². The third kappa shape index (κ3) is 2.19. The van der Waals surface area contributed by atoms with E-state index in [2.05, 4.69) is 20.9 Å². The lowest BCUT2D eigenvalue weighted by Crippen LogP contribution is -2.03. The van der Waals surface area contributed by atoms with Gasteiger partial charge in [-0.25, -0.2) is 9.37 Å². The van der Waals surface area contributed by atoms with Gasteiger partial charge in [-0.2, -0.15) is 0 Å². The van der Waals surface area contributed by atoms with Crippen LogP contribution in [0.1, 0.15) is 16.2 Å². The van der Waals surface area contributed by atoms with Gasteiger partial charge in [-0.3, -0.25) is 4.79 Å². The fourth-order valence-corrected chi connectivity index (χ4v) is 1.83. The predicted molar refractivity (Wildman–Crippen MR) is 60.8 cm³/mol. The van der Waals surface area contributed by atoms with E-state index in [0.29, 0.717) is 23.1 Å². The Bertz CT molecular complexity index is 524. The molecule has 0 N–H and O–H groups in total. The first-order valence-corrected chi connectivity index (χ1v) is 5.40. The summed E-state index contributed by atoms with van der Waals surface area (Å²) in [7, 11) is 0. The van der Waals surface area contributed by atoms with Crippen LogP contribution in [-0.2, 0) is 6.54 Å². The van der Waals surface area contributed by atoms with Gasteiger partial charge in [-0.05, 0) is 33.6 Å². The van der Waals surface area contributed by atoms with Gasteiger partial charge in [0.2, 0.25) is 0 Å². The van der Waals surface area contributed by atoms with Crippen LogP contribution in [0.15, 0.2) is 35.1 Å². The van der Waals surface area contributed by atoms with E-state index in [0.717, 1.165) is 5.56 Å². The molecule has 0 unspecified atom stereocenters. The van der Waals surface area contributed by atoms with E-state index in [1.165, 1.54) is 6.07 Å². The fraction of sp³-hybridized carbons (Fsp3) is 0.0909. The quantitative estimate of drug-likeness (QED) is 0.812. The lowest BCUT2D eigenvalue weighted by molar-refractivity contribution is 0.111. The Hall–Kier alpha value is -1.49. The molecule has 1 aromatic carbocycles. The number of hydrogen-bond acceptors (Lipinski definition) is 2. The molecule has 1 heterocycles. The molecule has 3 nitrogen and oxygen atoms in total. The van der Waals surface area contributed by atoms with E-state index in [1.54, 1.807) is 29.1 Å². The third-order valence-corrected chi connectivity index (χ3v) is 2.80. The van der Waals surface area contributed by atoms with Gasteiger partial charge in [-0.1, -0.05) is 6.07 Å². The second-order valence-electron chi connectivity index (χ2n) is 3.28. The van der Waals surface area contributed by atoms with Crippen LogP contribution in [0, 0.1) is 5.82 Å². The fourth-order valence-electron chi connectivity index (χ4n) is 1.41. The molecule has 0 atom stereocenters. The van der Waals surface area contributed by atoms with E-state index in [1.807, 2.05) is 0 Å². The van der Waals surface area contributed by atoms with Gasteiger partial charge in [0.1, 0.15) is 5.82 Å². The molecule has 0 aliphatic heterocycles. The molecule has 2 rings (SSSR count). The zero-order chi connectivity index (χ0) is 11.5. The summed E-state index contributed by atoms with van der Waals surface area (Å²) in [6, 6.07) is 4.75. The molecule has 0 bridgehead atoms. The number of aromatic nitrogens is 2. The van der Waals surface area contributed by atoms with Crippen molar-refractivity contribution in [3.8, 4) is 0 Å². The van der Waals surface area contributed by atoms with Gasteiger partial charge in [0.05, 0.1) is 4.47 Å². The summed E-state index contributed by atoms with van der Waals surface area (Å²) >= 11 is 3.12. The van der Waals surface area contributed by atoms with Crippen molar-refractivity contribution in [3.63, 3.8) is 0 Å². The van der Waals surface area contributed by atoms with Crippen LogP contribution in [0.2, 0.25) is 0 Å². The molecule has 0 amide bonds. The topological polar surface area (TPSA) is 34.9 Å². The number of aldehydes is 1. The van der Waals surface area contributed by atoms with Crippen LogP contribution in [0.25, 0.3) is 0 Å². The van der Waals surface area contributed by atoms with Crippen LogP contribution in [0.3, 0.4) is 0 Å². The normalized spacial score (nSPS) is 10.4. The Morgan fingerprint density at radius 1 is 1.50 bits per heavy atom. The zero-order valence-electron chi connectivity index (χ0n) is 8.23. The summed E-state index contributed by atoms with van der Waals surface area (Å²) < 4.78 is 15.1. The molecule has 0 saturated heterocycles. The Morgan fingerprint density at radius 3 is 3.00 bits per heavy atom. The number of carbonyl (C=O) groups is 1. The summed E-state index contributed by atoms with van der Waals surface area (Å²) in [5.41, 5.74) is 0.898. The summed E-state index contributed by atoms with van der Waals surface area (Å²) in [6.45, 7) is 0.493. The molecule has 5 heteroatoms. The minimum Gasteiger partial charge on any atom is -0.324 e. The number of imidazole rings is 1. The highest BCUT2D eigenvalue weighted by Gasteiger charge is 2.04. The molecule has 0 spiro atoms. The zero-order valence-corrected chi connectivity index (χ0v) is 9.82. The molecule has 0 aliphatic carbocycles. The van der Waals surface area contributed by atoms with Gasteiger partial charge in [-0.15, -0.1) is 0 Å². The Balaban J connectivity index is 2.27. The average Bonchev–Trinajstić information content (AvgIpc) is 2.71. The predicted octanol–water partition coefficient (Wildman–Crippen LogP) is 2.65. The van der Waals surface area contributed by atoms with Crippen molar-refractivity contribution in [1.29, 1.82) is 0 Å². The van der Waals surface area contributed by atoms with Crippen LogP contribution in [0.5, 0.6) is 0 Å². The first-order valence-electron chi connectivity index (χ1n) is 4.61. The van der Waals surface area contributed by atoms with Crippen molar-refractivity contribution in [2.45, 2.75) is 6.54 Å². The Labute approximate surface area is 100 Å². The van der Waals surface area contributed by atoms with Crippen LogP contribution in [0.4, 0.5) is 4.39 Å². The number of nitrogens with zero attached hydrogens (tertiary/aromatic N) is 2. The maximum Gasteiger partial charge on any atom is 0.185 e. The van der Waals surface area contributed by atoms with Gasteiger partial charge in [0.15, 0.2) is 12.1 Å². The molecule has 16 heavy (non-hydrogen) atoms. The minimum atomic E-state index is -0.301. The van der Waals surface area contributed by atoms with Crippen molar-refractivity contribution >= 4 is 22.2 Å². The maximum atomic E-state index is 13.0. The lowest BCUT2D eigenvalue weighted by Gasteiger charge is -2.05. The van der Waals surface area contributed by atoms with E-state index in [4.69, 9.17) is 0 Å². The van der Waals surface area contributed by atoms with E-state index in [-0.39, 0.29) is 5.82 Å². The second kappa shape index (κ2) is 4.57. The van der Waals surface area contributed by atoms with Crippen LogP contribution < -0.4 is 0 Å². The van der Waals surface area contributed by atoms with Crippen LogP contribution in [-0.4, -0.2) is 15.8 Å². The average molecular weight is 283 g/mol. The standard InChI is InChI=1S/C11H8BrFN2O/c12-9-5-8(1-2-10(9)13)6-15-4-3-14-11(15)7-16/h1-5,7H,6H2. The third-order valence-electron chi connectivity index (χ3n) is 2.19. The molecule has 82 valence electrons. The van der Waals surface area contributed by atoms with Gasteiger partial charge in [0, 0.05) is 18.9 Å². The largest absolute Gasteiger partial charge is 0.324 e. The summed E-state index contributed by atoms with van der Waals surface area (Å²) in [5.74, 6) is 0.0606. The number of rotatable bonds is 3. The van der Waals surface area contributed by atoms with E-state index >= 15 is 0 Å². The SMILES string of the molecule is O=Cc1nccn1Cc1ccc(F)c(Br)c1. The van der Waals surface area contributed by atoms with Crippen molar-refractivity contribution < 1.29 is 9.18 Å². The molecule has 2 aromatic rings. The van der Waals surface area contributed by atoms with E-state index < -0.39 is 0 Å². The molecule has 0 fully saturated rings. The molecular formula is C11H8BrFN2O. The summed E-state index contributed by atoms with van der Waals surface area (Å²) in [6.07, 6.45) is 3.96. The van der Waals surface area contributed by atoms with Crippen molar-refractivity contribution in [2.75, 3.05) is 0 Å². The molecular weight excluding hydrogens is 275 g/mol.